The van der Waals surface area contributed by atoms with Gasteiger partial charge in [-0.15, -0.1) is 0 Å². The minimum atomic E-state index is -0.156. The molecule has 4 rings (SSSR count). The molecule has 0 radical (unpaired) electrons. The molecule has 29 heavy (non-hydrogen) atoms. The van der Waals surface area contributed by atoms with E-state index in [1.165, 1.54) is 23.6 Å². The molecule has 0 bridgehead atoms. The molecule has 0 atom stereocenters. The molecular weight excluding hydrogens is 362 g/mol. The summed E-state index contributed by atoms with van der Waals surface area (Å²) < 4.78 is 5.88. The maximum Gasteiger partial charge on any atom is 0.248 e. The number of hydrogen-bond acceptors (Lipinski definition) is 4. The number of pyridine rings is 1. The minimum Gasteiger partial charge on any atom is -0.457 e. The number of nitrogens with zero attached hydrogens (tertiary/aromatic N) is 1. The summed E-state index contributed by atoms with van der Waals surface area (Å²) in [5.41, 5.74) is 10.8. The average molecular weight is 385 g/mol. The molecule has 0 spiro atoms. The van der Waals surface area contributed by atoms with Crippen molar-refractivity contribution in [3.05, 3.63) is 89.3 Å². The predicted molar refractivity (Wildman–Crippen MR) is 115 cm³/mol. The Labute approximate surface area is 170 Å². The number of nitrogens with two attached hydrogens (primary N) is 1. The first kappa shape index (κ1) is 18.9. The molecular formula is C24H23N3O2. The molecule has 1 amide bonds. The van der Waals surface area contributed by atoms with Crippen molar-refractivity contribution in [2.75, 3.05) is 5.32 Å². The number of ether oxygens (including phenoxy) is 1. The van der Waals surface area contributed by atoms with Crippen LogP contribution in [-0.4, -0.2) is 10.9 Å². The molecule has 1 aliphatic rings. The third-order valence-corrected chi connectivity index (χ3v) is 4.88. The van der Waals surface area contributed by atoms with Gasteiger partial charge in [-0.25, -0.2) is 0 Å². The average Bonchev–Trinajstić information content (AvgIpc) is 3.21. The van der Waals surface area contributed by atoms with Gasteiger partial charge in [-0.3, -0.25) is 9.78 Å². The molecule has 1 heterocycles. The fraction of sp³-hybridized carbons (Fsp3) is 0.167. The van der Waals surface area contributed by atoms with Crippen molar-refractivity contribution in [3.63, 3.8) is 0 Å². The van der Waals surface area contributed by atoms with E-state index in [1.54, 1.807) is 18.3 Å². The molecule has 3 N–H and O–H groups in total. The number of carbonyl (C=O) groups is 1. The maximum absolute atomic E-state index is 12.3. The molecule has 146 valence electrons. The fourth-order valence-corrected chi connectivity index (χ4v) is 3.45. The second-order valence-electron chi connectivity index (χ2n) is 7.02. The van der Waals surface area contributed by atoms with Gasteiger partial charge in [0.2, 0.25) is 5.91 Å². The summed E-state index contributed by atoms with van der Waals surface area (Å²) in [5.74, 6) is 1.20. The lowest BCUT2D eigenvalue weighted by atomic mass is 10.1. The smallest absolute Gasteiger partial charge is 0.248 e. The van der Waals surface area contributed by atoms with Crippen molar-refractivity contribution in [1.82, 2.24) is 4.98 Å². The van der Waals surface area contributed by atoms with Crippen LogP contribution in [0.15, 0.2) is 66.9 Å². The maximum atomic E-state index is 12.3. The lowest BCUT2D eigenvalue weighted by molar-refractivity contribution is -0.111. The van der Waals surface area contributed by atoms with E-state index >= 15 is 0 Å². The zero-order valence-electron chi connectivity index (χ0n) is 16.1. The van der Waals surface area contributed by atoms with Crippen molar-refractivity contribution in [3.8, 4) is 11.5 Å². The highest BCUT2D eigenvalue weighted by atomic mass is 16.5. The number of amides is 1. The number of benzene rings is 2. The molecule has 3 aromatic rings. The first-order valence-corrected chi connectivity index (χ1v) is 9.73. The largest absolute Gasteiger partial charge is 0.457 e. The van der Waals surface area contributed by atoms with Crippen LogP contribution >= 0.6 is 0 Å². The van der Waals surface area contributed by atoms with Crippen molar-refractivity contribution in [1.29, 1.82) is 0 Å². The van der Waals surface area contributed by atoms with Gasteiger partial charge in [0.05, 0.1) is 5.69 Å². The van der Waals surface area contributed by atoms with Crippen LogP contribution in [0.3, 0.4) is 0 Å². The van der Waals surface area contributed by atoms with Gasteiger partial charge in [-0.05, 0) is 72.4 Å². The Bertz CT molecular complexity index is 1060. The Balaban J connectivity index is 1.40. The van der Waals surface area contributed by atoms with E-state index in [9.17, 15) is 4.79 Å². The van der Waals surface area contributed by atoms with Crippen LogP contribution < -0.4 is 15.8 Å². The van der Waals surface area contributed by atoms with E-state index in [1.807, 2.05) is 36.4 Å². The molecule has 2 aromatic carbocycles. The van der Waals surface area contributed by atoms with Crippen molar-refractivity contribution < 1.29 is 9.53 Å². The molecule has 1 aromatic heterocycles. The third kappa shape index (κ3) is 4.89. The number of rotatable bonds is 6. The van der Waals surface area contributed by atoms with Crippen LogP contribution in [0, 0.1) is 0 Å². The number of anilines is 1. The zero-order chi connectivity index (χ0) is 20.1. The summed E-state index contributed by atoms with van der Waals surface area (Å²) in [6, 6.07) is 17.3. The highest BCUT2D eigenvalue weighted by molar-refractivity contribution is 6.02. The van der Waals surface area contributed by atoms with E-state index in [0.29, 0.717) is 18.0 Å². The number of nitrogens with one attached hydrogen (secondary N) is 1. The van der Waals surface area contributed by atoms with Gasteiger partial charge in [-0.2, -0.15) is 0 Å². The first-order chi connectivity index (χ1) is 14.2. The van der Waals surface area contributed by atoms with Gasteiger partial charge in [0, 0.05) is 30.6 Å². The quantitative estimate of drug-likeness (QED) is 0.614. The minimum absolute atomic E-state index is 0.156. The standard InChI is InChI=1S/C24H23N3O2/c25-16-21-15-23(11-12-26-21)29-22-6-1-3-17(13-22)7-10-24(28)27-20-9-8-18-4-2-5-19(18)14-20/h1,3,6-15H,2,4-5,16,25H2,(H,27,28). The third-order valence-electron chi connectivity index (χ3n) is 4.88. The van der Waals surface area contributed by atoms with Crippen molar-refractivity contribution in [2.24, 2.45) is 5.73 Å². The summed E-state index contributed by atoms with van der Waals surface area (Å²) in [4.78, 5) is 16.4. The lowest BCUT2D eigenvalue weighted by Crippen LogP contribution is -2.08. The first-order valence-electron chi connectivity index (χ1n) is 9.73. The molecule has 0 saturated carbocycles. The molecule has 0 saturated heterocycles. The Morgan fingerprint density at radius 2 is 1.93 bits per heavy atom. The summed E-state index contributed by atoms with van der Waals surface area (Å²) in [6.45, 7) is 0.360. The van der Waals surface area contributed by atoms with Crippen LogP contribution in [0.25, 0.3) is 6.08 Å². The van der Waals surface area contributed by atoms with Crippen LogP contribution in [0.2, 0.25) is 0 Å². The molecule has 5 nitrogen and oxygen atoms in total. The number of fused-ring (bicyclic) bond motifs is 1. The van der Waals surface area contributed by atoms with Gasteiger partial charge in [0.15, 0.2) is 0 Å². The summed E-state index contributed by atoms with van der Waals surface area (Å²) in [5, 5.41) is 2.93. The predicted octanol–water partition coefficient (Wildman–Crippen LogP) is 4.47. The summed E-state index contributed by atoms with van der Waals surface area (Å²) in [6.07, 6.45) is 8.39. The highest BCUT2D eigenvalue weighted by Crippen LogP contribution is 2.25. The number of aryl methyl sites for hydroxylation is 2. The number of carbonyl (C=O) groups excluding carboxylic acids is 1. The Morgan fingerprint density at radius 3 is 2.83 bits per heavy atom. The van der Waals surface area contributed by atoms with E-state index < -0.39 is 0 Å². The van der Waals surface area contributed by atoms with Gasteiger partial charge in [-0.1, -0.05) is 18.2 Å². The van der Waals surface area contributed by atoms with Gasteiger partial charge >= 0.3 is 0 Å². The van der Waals surface area contributed by atoms with Gasteiger partial charge in [0.25, 0.3) is 0 Å². The highest BCUT2D eigenvalue weighted by Gasteiger charge is 2.11. The monoisotopic (exact) mass is 385 g/mol. The second-order valence-corrected chi connectivity index (χ2v) is 7.02. The second kappa shape index (κ2) is 8.71. The fourth-order valence-electron chi connectivity index (χ4n) is 3.45. The number of hydrogen-bond donors (Lipinski definition) is 2. The molecule has 5 heteroatoms. The zero-order valence-corrected chi connectivity index (χ0v) is 16.1. The summed E-state index contributed by atoms with van der Waals surface area (Å²) >= 11 is 0. The van der Waals surface area contributed by atoms with Gasteiger partial charge in [0.1, 0.15) is 11.5 Å². The molecule has 1 aliphatic carbocycles. The topological polar surface area (TPSA) is 77.2 Å². The Morgan fingerprint density at radius 1 is 1.07 bits per heavy atom. The molecule has 0 aliphatic heterocycles. The van der Waals surface area contributed by atoms with Crippen LogP contribution in [0.1, 0.15) is 28.8 Å². The lowest BCUT2D eigenvalue weighted by Gasteiger charge is -2.07. The van der Waals surface area contributed by atoms with E-state index in [4.69, 9.17) is 10.5 Å². The van der Waals surface area contributed by atoms with Crippen molar-refractivity contribution >= 4 is 17.7 Å². The van der Waals surface area contributed by atoms with E-state index in [2.05, 4.69) is 22.4 Å². The van der Waals surface area contributed by atoms with Gasteiger partial charge < -0.3 is 15.8 Å². The van der Waals surface area contributed by atoms with Crippen LogP contribution in [0.5, 0.6) is 11.5 Å². The van der Waals surface area contributed by atoms with Crippen molar-refractivity contribution in [2.45, 2.75) is 25.8 Å². The Kier molecular flexibility index (Phi) is 5.68. The molecule has 0 unspecified atom stereocenters. The Hall–Kier alpha value is -3.44. The summed E-state index contributed by atoms with van der Waals surface area (Å²) in [7, 11) is 0. The molecule has 0 fully saturated rings. The SMILES string of the molecule is NCc1cc(Oc2cccc(C=CC(=O)Nc3ccc4c(c3)CCC4)c2)ccn1. The van der Waals surface area contributed by atoms with Crippen LogP contribution in [0.4, 0.5) is 5.69 Å². The van der Waals surface area contributed by atoms with E-state index in [-0.39, 0.29) is 5.91 Å². The normalized spacial score (nSPS) is 12.7. The van der Waals surface area contributed by atoms with Crippen LogP contribution in [-0.2, 0) is 24.2 Å². The van der Waals surface area contributed by atoms with E-state index in [0.717, 1.165) is 29.8 Å². The number of aromatic nitrogens is 1.